The minimum absolute atomic E-state index is 0.0321. The quantitative estimate of drug-likeness (QED) is 0.113. The Balaban J connectivity index is 1.27. The zero-order valence-electron chi connectivity index (χ0n) is 26.6. The average molecular weight is 630 g/mol. The van der Waals surface area contributed by atoms with Crippen LogP contribution in [0.15, 0.2) is 152 Å². The highest BCUT2D eigenvalue weighted by atomic mass is 31.2. The molecule has 0 spiro atoms. The third-order valence-corrected chi connectivity index (χ3v) is 17.1. The van der Waals surface area contributed by atoms with Gasteiger partial charge in [-0.1, -0.05) is 148 Å². The molecule has 3 nitrogen and oxygen atoms in total. The van der Waals surface area contributed by atoms with Gasteiger partial charge in [0.15, 0.2) is 0 Å². The van der Waals surface area contributed by atoms with E-state index in [-0.39, 0.29) is 11.1 Å². The van der Waals surface area contributed by atoms with Gasteiger partial charge in [0.05, 0.1) is 0 Å². The van der Waals surface area contributed by atoms with Crippen LogP contribution in [0.3, 0.4) is 0 Å². The van der Waals surface area contributed by atoms with Crippen LogP contribution in [0.25, 0.3) is 0 Å². The number of rotatable bonds is 12. The van der Waals surface area contributed by atoms with Crippen molar-refractivity contribution < 1.29 is 8.99 Å². The number of hydrogen-bond acceptors (Lipinski definition) is 2. The Hall–Kier alpha value is -3.53. The van der Waals surface area contributed by atoms with E-state index in [1.54, 1.807) is 0 Å². The predicted molar refractivity (Wildman–Crippen MR) is 192 cm³/mol. The molecular formula is C40H44NO2PSi. The van der Waals surface area contributed by atoms with Gasteiger partial charge in [0.2, 0.25) is 7.29 Å². The summed E-state index contributed by atoms with van der Waals surface area (Å²) in [7, 11) is -5.70. The molecule has 0 amide bonds. The summed E-state index contributed by atoms with van der Waals surface area (Å²) in [5.74, 6) is 0.858. The Bertz CT molecular complexity index is 1610. The lowest BCUT2D eigenvalue weighted by Gasteiger charge is -2.43. The Kier molecular flexibility index (Phi) is 9.40. The highest BCUT2D eigenvalue weighted by Crippen LogP contribution is 2.54. The summed E-state index contributed by atoms with van der Waals surface area (Å²) < 4.78 is 22.3. The van der Waals surface area contributed by atoms with Crippen molar-refractivity contribution in [3.05, 3.63) is 157 Å². The summed E-state index contributed by atoms with van der Waals surface area (Å²) in [5, 5.41) is 8.02. The van der Waals surface area contributed by atoms with E-state index in [0.29, 0.717) is 18.4 Å². The molecule has 230 valence electrons. The lowest BCUT2D eigenvalue weighted by atomic mass is 10.0. The molecule has 1 N–H and O–H groups in total. The van der Waals surface area contributed by atoms with Gasteiger partial charge in [-0.3, -0.25) is 9.65 Å². The van der Waals surface area contributed by atoms with Crippen molar-refractivity contribution in [1.82, 2.24) is 5.09 Å². The maximum absolute atomic E-state index is 15.1. The van der Waals surface area contributed by atoms with Crippen LogP contribution in [-0.2, 0) is 8.99 Å². The molecule has 3 atom stereocenters. The molecule has 0 unspecified atom stereocenters. The topological polar surface area (TPSA) is 38.3 Å². The molecule has 5 heteroatoms. The zero-order valence-corrected chi connectivity index (χ0v) is 28.4. The van der Waals surface area contributed by atoms with Gasteiger partial charge in [-0.15, -0.1) is 0 Å². The Morgan fingerprint density at radius 3 is 1.56 bits per heavy atom. The second-order valence-corrected chi connectivity index (χ2v) is 20.1. The number of hydrogen-bond donors (Lipinski definition) is 1. The first-order valence-corrected chi connectivity index (χ1v) is 19.7. The summed E-state index contributed by atoms with van der Waals surface area (Å²) in [6.07, 6.45) is 2.06. The Morgan fingerprint density at radius 2 is 1.11 bits per heavy atom. The Morgan fingerprint density at radius 1 is 0.689 bits per heavy atom. The molecule has 0 radical (unpaired) electrons. The van der Waals surface area contributed by atoms with Crippen LogP contribution >= 0.6 is 7.29 Å². The second-order valence-electron chi connectivity index (χ2n) is 13.3. The molecule has 6 rings (SSSR count). The summed E-state index contributed by atoms with van der Waals surface area (Å²) in [6.45, 7) is 7.70. The molecule has 1 fully saturated rings. The molecule has 1 saturated carbocycles. The van der Waals surface area contributed by atoms with E-state index in [2.05, 4.69) is 117 Å². The predicted octanol–water partition coefficient (Wildman–Crippen LogP) is 7.85. The smallest absolute Gasteiger partial charge is 0.261 e. The van der Waals surface area contributed by atoms with E-state index in [1.165, 1.54) is 15.9 Å². The van der Waals surface area contributed by atoms with Gasteiger partial charge in [0, 0.05) is 23.3 Å². The molecule has 5 aromatic rings. The van der Waals surface area contributed by atoms with Gasteiger partial charge in [0.1, 0.15) is 0 Å². The van der Waals surface area contributed by atoms with E-state index in [4.69, 9.17) is 4.43 Å². The highest BCUT2D eigenvalue weighted by Gasteiger charge is 2.51. The van der Waals surface area contributed by atoms with Gasteiger partial charge in [-0.2, -0.15) is 0 Å². The van der Waals surface area contributed by atoms with Gasteiger partial charge < -0.3 is 4.43 Å². The minimum atomic E-state index is -3.12. The molecule has 0 heterocycles. The molecule has 5 aromatic carbocycles. The lowest BCUT2D eigenvalue weighted by Crippen LogP contribution is -2.66. The fourth-order valence-electron chi connectivity index (χ4n) is 6.98. The first-order valence-electron chi connectivity index (χ1n) is 16.1. The van der Waals surface area contributed by atoms with Gasteiger partial charge in [-0.05, 0) is 69.9 Å². The van der Waals surface area contributed by atoms with Crippen LogP contribution in [0.2, 0.25) is 5.04 Å². The van der Waals surface area contributed by atoms with Crippen molar-refractivity contribution >= 4 is 36.6 Å². The molecule has 0 bridgehead atoms. The van der Waals surface area contributed by atoms with E-state index >= 15 is 4.57 Å². The fourth-order valence-corrected chi connectivity index (χ4v) is 14.1. The van der Waals surface area contributed by atoms with Crippen molar-refractivity contribution in [1.29, 1.82) is 0 Å². The largest absolute Gasteiger partial charge is 0.407 e. The van der Waals surface area contributed by atoms with Crippen LogP contribution in [0.5, 0.6) is 0 Å². The van der Waals surface area contributed by atoms with E-state index < -0.39 is 15.6 Å². The normalized spacial score (nSPS) is 17.5. The van der Waals surface area contributed by atoms with Gasteiger partial charge >= 0.3 is 0 Å². The van der Waals surface area contributed by atoms with Crippen LogP contribution in [-0.4, -0.2) is 14.9 Å². The van der Waals surface area contributed by atoms with Crippen molar-refractivity contribution in [2.45, 2.75) is 44.7 Å². The maximum atomic E-state index is 15.1. The maximum Gasteiger partial charge on any atom is 0.261 e. The highest BCUT2D eigenvalue weighted by molar-refractivity contribution is 7.76. The third kappa shape index (κ3) is 6.57. The first kappa shape index (κ1) is 31.4. The molecular weight excluding hydrogens is 586 g/mol. The summed E-state index contributed by atoms with van der Waals surface area (Å²) in [6, 6.07) is 52.1. The average Bonchev–Trinajstić information content (AvgIpc) is 3.86. The fraction of sp³-hybridized carbons (Fsp3) is 0.250. The summed E-state index contributed by atoms with van der Waals surface area (Å²) in [5.41, 5.74) is 1.19. The standard InChI is InChI=1S/C40H44NO2PSi/c1-40(2,3)45(36-25-15-7-16-26-36,37-27-17-8-18-28-37)43-30-29-33-31-38(33)39(32-19-9-4-10-20-32)41-44(42,34-21-11-5-12-22-34)35-23-13-6-14-24-35/h4-28,33,38-39H,29-31H2,1-3H3,(H,41,42)/t33-,38+,39+/m1/s1. The number of nitrogens with one attached hydrogen (secondary N) is 1. The Labute approximate surface area is 270 Å². The van der Waals surface area contributed by atoms with Crippen LogP contribution in [0, 0.1) is 11.8 Å². The molecule has 0 saturated heterocycles. The molecule has 1 aliphatic rings. The van der Waals surface area contributed by atoms with Crippen LogP contribution in [0.1, 0.15) is 45.2 Å². The van der Waals surface area contributed by atoms with Crippen molar-refractivity contribution in [3.63, 3.8) is 0 Å². The lowest BCUT2D eigenvalue weighted by molar-refractivity contribution is 0.279. The van der Waals surface area contributed by atoms with Gasteiger partial charge in [-0.25, -0.2) is 0 Å². The second kappa shape index (κ2) is 13.4. The van der Waals surface area contributed by atoms with E-state index in [9.17, 15) is 0 Å². The summed E-state index contributed by atoms with van der Waals surface area (Å²) in [4.78, 5) is 0. The monoisotopic (exact) mass is 629 g/mol. The van der Waals surface area contributed by atoms with Crippen LogP contribution in [0.4, 0.5) is 0 Å². The summed E-state index contributed by atoms with van der Waals surface area (Å²) >= 11 is 0. The van der Waals surface area contributed by atoms with E-state index in [1.807, 2.05) is 60.7 Å². The third-order valence-electron chi connectivity index (χ3n) is 9.35. The van der Waals surface area contributed by atoms with Crippen LogP contribution < -0.4 is 26.1 Å². The minimum Gasteiger partial charge on any atom is -0.407 e. The zero-order chi connectivity index (χ0) is 31.3. The molecule has 45 heavy (non-hydrogen) atoms. The number of benzene rings is 5. The van der Waals surface area contributed by atoms with Gasteiger partial charge in [0.25, 0.3) is 8.32 Å². The SMILES string of the molecule is CC(C)(C)[Si](OCC[C@@H]1C[C@@H]1[C@@H](NP(=O)(c1ccccc1)c1ccccc1)c1ccccc1)(c1ccccc1)c1ccccc1. The van der Waals surface area contributed by atoms with E-state index in [0.717, 1.165) is 23.5 Å². The molecule has 0 aromatic heterocycles. The van der Waals surface area contributed by atoms with Crippen molar-refractivity contribution in [2.75, 3.05) is 6.61 Å². The molecule has 0 aliphatic heterocycles. The molecule has 1 aliphatic carbocycles. The first-order chi connectivity index (χ1) is 21.8. The van der Waals surface area contributed by atoms with Crippen molar-refractivity contribution in [3.8, 4) is 0 Å². The van der Waals surface area contributed by atoms with Crippen molar-refractivity contribution in [2.24, 2.45) is 11.8 Å².